The molecule has 88 valence electrons. The summed E-state index contributed by atoms with van der Waals surface area (Å²) in [5, 5.41) is 22.0. The van der Waals surface area contributed by atoms with E-state index in [1.54, 1.807) is 12.2 Å². The van der Waals surface area contributed by atoms with Crippen LogP contribution in [0.1, 0.15) is 25.7 Å². The topological polar surface area (TPSA) is 52.5 Å². The Morgan fingerprint density at radius 2 is 1.33 bits per heavy atom. The van der Waals surface area contributed by atoms with Crippen LogP contribution < -0.4 is 5.32 Å². The Morgan fingerprint density at radius 3 is 1.67 bits per heavy atom. The Kier molecular flexibility index (Phi) is 9.48. The van der Waals surface area contributed by atoms with Gasteiger partial charge < -0.3 is 15.5 Å². The number of aliphatic hydroxyl groups excluding tert-OH is 2. The second-order valence-corrected chi connectivity index (χ2v) is 3.70. The summed E-state index contributed by atoms with van der Waals surface area (Å²) in [5.41, 5.74) is 0. The fourth-order valence-electron chi connectivity index (χ4n) is 1.24. The molecule has 0 aliphatic rings. The second-order valence-electron chi connectivity index (χ2n) is 3.70. The molecule has 0 radical (unpaired) electrons. The number of nitrogens with one attached hydrogen (secondary N) is 1. The van der Waals surface area contributed by atoms with Crippen LogP contribution in [-0.4, -0.2) is 35.5 Å². The van der Waals surface area contributed by atoms with Crippen molar-refractivity contribution in [2.24, 2.45) is 0 Å². The van der Waals surface area contributed by atoms with Crippen molar-refractivity contribution in [3.05, 3.63) is 25.3 Å². The van der Waals surface area contributed by atoms with Crippen molar-refractivity contribution in [1.82, 2.24) is 5.32 Å². The van der Waals surface area contributed by atoms with Gasteiger partial charge >= 0.3 is 0 Å². The van der Waals surface area contributed by atoms with E-state index in [-0.39, 0.29) is 12.2 Å². The Morgan fingerprint density at radius 1 is 0.933 bits per heavy atom. The summed E-state index contributed by atoms with van der Waals surface area (Å²) in [5.74, 6) is 0. The molecule has 0 aromatic carbocycles. The molecule has 0 bridgehead atoms. The van der Waals surface area contributed by atoms with Crippen LogP contribution in [0, 0.1) is 0 Å². The summed E-state index contributed by atoms with van der Waals surface area (Å²) in [7, 11) is 0. The minimum absolute atomic E-state index is 0.352. The second kappa shape index (κ2) is 9.90. The van der Waals surface area contributed by atoms with Crippen LogP contribution in [0.2, 0.25) is 0 Å². The Hall–Kier alpha value is -0.640. The predicted molar refractivity (Wildman–Crippen MR) is 63.7 cm³/mol. The van der Waals surface area contributed by atoms with Gasteiger partial charge in [-0.15, -0.1) is 13.2 Å². The van der Waals surface area contributed by atoms with Gasteiger partial charge in [0.05, 0.1) is 12.2 Å². The van der Waals surface area contributed by atoms with Crippen molar-refractivity contribution in [3.8, 4) is 0 Å². The fraction of sp³-hybridized carbons (Fsp3) is 0.667. The Balaban J connectivity index is 3.34. The number of hydrogen-bond donors (Lipinski definition) is 3. The molecular formula is C12H23NO2. The number of aliphatic hydroxyl groups is 2. The molecule has 0 fully saturated rings. The Bertz CT molecular complexity index is 153. The summed E-state index contributed by atoms with van der Waals surface area (Å²) >= 11 is 0. The monoisotopic (exact) mass is 213 g/mol. The van der Waals surface area contributed by atoms with Gasteiger partial charge in [0.15, 0.2) is 0 Å². The molecule has 3 heteroatoms. The number of hydrogen-bond acceptors (Lipinski definition) is 3. The lowest BCUT2D eigenvalue weighted by molar-refractivity contribution is 0.137. The van der Waals surface area contributed by atoms with Crippen molar-refractivity contribution in [3.63, 3.8) is 0 Å². The molecule has 0 saturated carbocycles. The van der Waals surface area contributed by atoms with Crippen LogP contribution >= 0.6 is 0 Å². The van der Waals surface area contributed by atoms with Crippen molar-refractivity contribution >= 4 is 0 Å². The quantitative estimate of drug-likeness (QED) is 0.478. The van der Waals surface area contributed by atoms with Crippen molar-refractivity contribution in [2.45, 2.75) is 37.9 Å². The van der Waals surface area contributed by atoms with Gasteiger partial charge in [-0.3, -0.25) is 0 Å². The van der Waals surface area contributed by atoms with Gasteiger partial charge in [-0.05, 0) is 25.7 Å². The van der Waals surface area contributed by atoms with E-state index in [1.807, 2.05) is 0 Å². The highest BCUT2D eigenvalue weighted by Crippen LogP contribution is 1.98. The van der Waals surface area contributed by atoms with E-state index in [4.69, 9.17) is 0 Å². The van der Waals surface area contributed by atoms with Gasteiger partial charge in [-0.25, -0.2) is 0 Å². The smallest absolute Gasteiger partial charge is 0.0667 e. The number of rotatable bonds is 10. The third-order valence-corrected chi connectivity index (χ3v) is 2.17. The van der Waals surface area contributed by atoms with Gasteiger partial charge in [0.25, 0.3) is 0 Å². The van der Waals surface area contributed by atoms with Crippen LogP contribution in [0.15, 0.2) is 25.3 Å². The zero-order valence-corrected chi connectivity index (χ0v) is 9.36. The molecule has 0 amide bonds. The molecule has 0 aliphatic heterocycles. The van der Waals surface area contributed by atoms with Crippen molar-refractivity contribution in [1.29, 1.82) is 0 Å². The van der Waals surface area contributed by atoms with Crippen LogP contribution in [0.5, 0.6) is 0 Å². The first-order valence-electron chi connectivity index (χ1n) is 5.49. The minimum Gasteiger partial charge on any atom is -0.392 e. The minimum atomic E-state index is -0.352. The third-order valence-electron chi connectivity index (χ3n) is 2.17. The lowest BCUT2D eigenvalue weighted by atomic mass is 10.1. The maximum absolute atomic E-state index is 9.46. The molecule has 2 unspecified atom stereocenters. The van der Waals surface area contributed by atoms with Gasteiger partial charge in [-0.2, -0.15) is 0 Å². The van der Waals surface area contributed by atoms with E-state index in [0.29, 0.717) is 13.1 Å². The summed E-state index contributed by atoms with van der Waals surface area (Å²) in [6.45, 7) is 8.24. The fourth-order valence-corrected chi connectivity index (χ4v) is 1.24. The molecule has 3 nitrogen and oxygen atoms in total. The Labute approximate surface area is 92.5 Å². The van der Waals surface area contributed by atoms with Crippen LogP contribution in [0.4, 0.5) is 0 Å². The average Bonchev–Trinajstić information content (AvgIpc) is 2.23. The maximum atomic E-state index is 9.46. The van der Waals surface area contributed by atoms with E-state index in [1.165, 1.54) is 0 Å². The molecule has 3 N–H and O–H groups in total. The molecule has 15 heavy (non-hydrogen) atoms. The molecular weight excluding hydrogens is 190 g/mol. The van der Waals surface area contributed by atoms with E-state index >= 15 is 0 Å². The SMILES string of the molecule is C=CCCC(O)CNCC(O)CCC=C. The van der Waals surface area contributed by atoms with Gasteiger partial charge in [0, 0.05) is 13.1 Å². The third kappa shape index (κ3) is 9.66. The summed E-state index contributed by atoms with van der Waals surface area (Å²) in [4.78, 5) is 0. The zero-order chi connectivity index (χ0) is 11.5. The van der Waals surface area contributed by atoms with Crippen LogP contribution in [-0.2, 0) is 0 Å². The van der Waals surface area contributed by atoms with Crippen LogP contribution in [0.3, 0.4) is 0 Å². The van der Waals surface area contributed by atoms with E-state index in [2.05, 4.69) is 18.5 Å². The maximum Gasteiger partial charge on any atom is 0.0667 e. The highest BCUT2D eigenvalue weighted by molar-refractivity contribution is 4.72. The number of allylic oxidation sites excluding steroid dienone is 2. The van der Waals surface area contributed by atoms with E-state index in [0.717, 1.165) is 25.7 Å². The first-order valence-corrected chi connectivity index (χ1v) is 5.49. The van der Waals surface area contributed by atoms with Crippen molar-refractivity contribution in [2.75, 3.05) is 13.1 Å². The molecule has 0 aromatic rings. The van der Waals surface area contributed by atoms with Gasteiger partial charge in [-0.1, -0.05) is 12.2 Å². The molecule has 2 atom stereocenters. The molecule has 0 aromatic heterocycles. The lowest BCUT2D eigenvalue weighted by Gasteiger charge is -2.13. The zero-order valence-electron chi connectivity index (χ0n) is 9.36. The largest absolute Gasteiger partial charge is 0.392 e. The lowest BCUT2D eigenvalue weighted by Crippen LogP contribution is -2.33. The highest BCUT2D eigenvalue weighted by Gasteiger charge is 2.05. The normalized spacial score (nSPS) is 14.5. The summed E-state index contributed by atoms with van der Waals surface area (Å²) in [6.07, 6.45) is 5.97. The molecule has 0 saturated heterocycles. The van der Waals surface area contributed by atoms with Gasteiger partial charge in [0.1, 0.15) is 0 Å². The van der Waals surface area contributed by atoms with E-state index in [9.17, 15) is 10.2 Å². The molecule has 0 heterocycles. The first-order chi connectivity index (χ1) is 7.20. The average molecular weight is 213 g/mol. The summed E-state index contributed by atoms with van der Waals surface area (Å²) in [6, 6.07) is 0. The van der Waals surface area contributed by atoms with Crippen LogP contribution in [0.25, 0.3) is 0 Å². The molecule has 0 spiro atoms. The highest BCUT2D eigenvalue weighted by atomic mass is 16.3. The molecule has 0 rings (SSSR count). The molecule has 0 aliphatic carbocycles. The predicted octanol–water partition coefficient (Wildman–Crippen LogP) is 1.23. The standard InChI is InChI=1S/C12H23NO2/c1-3-5-7-11(14)9-13-10-12(15)8-6-4-2/h3-4,11-15H,1-2,5-10H2. The van der Waals surface area contributed by atoms with Crippen molar-refractivity contribution < 1.29 is 10.2 Å². The summed E-state index contributed by atoms with van der Waals surface area (Å²) < 4.78 is 0. The van der Waals surface area contributed by atoms with Gasteiger partial charge in [0.2, 0.25) is 0 Å². The first kappa shape index (κ1) is 14.4. The van der Waals surface area contributed by atoms with E-state index < -0.39 is 0 Å².